The summed E-state index contributed by atoms with van der Waals surface area (Å²) < 4.78 is 0. The molecule has 4 rings (SSSR count). The zero-order valence-corrected chi connectivity index (χ0v) is 19.0. The first kappa shape index (κ1) is 22.0. The Morgan fingerprint density at radius 2 is 1.68 bits per heavy atom. The molecule has 1 N–H and O–H groups in total. The summed E-state index contributed by atoms with van der Waals surface area (Å²) in [6.07, 6.45) is 7.81. The molecule has 2 aliphatic rings. The average Bonchev–Trinajstić information content (AvgIpc) is 2.83. The summed E-state index contributed by atoms with van der Waals surface area (Å²) in [6.45, 7) is 8.95. The van der Waals surface area contributed by atoms with E-state index in [2.05, 4.69) is 46.3 Å². The molecule has 4 nitrogen and oxygen atoms in total. The number of aryl methyl sites for hydroxylation is 1. The molecular formula is C27H37N3O. The van der Waals surface area contributed by atoms with E-state index >= 15 is 0 Å². The minimum Gasteiger partial charge on any atom is -0.352 e. The summed E-state index contributed by atoms with van der Waals surface area (Å²) in [6, 6.07) is 17.2. The normalized spacial score (nSPS) is 18.7. The van der Waals surface area contributed by atoms with Gasteiger partial charge in [0.2, 0.25) is 0 Å². The van der Waals surface area contributed by atoms with Crippen LogP contribution in [0.25, 0.3) is 11.1 Å². The Morgan fingerprint density at radius 1 is 0.935 bits per heavy atom. The van der Waals surface area contributed by atoms with Crippen molar-refractivity contribution in [3.05, 3.63) is 59.7 Å². The van der Waals surface area contributed by atoms with E-state index in [1.165, 1.54) is 69.4 Å². The van der Waals surface area contributed by atoms with E-state index in [1.807, 2.05) is 24.3 Å². The second-order valence-electron chi connectivity index (χ2n) is 9.23. The summed E-state index contributed by atoms with van der Waals surface area (Å²) in [4.78, 5) is 17.8. The van der Waals surface area contributed by atoms with Gasteiger partial charge in [0, 0.05) is 18.2 Å². The van der Waals surface area contributed by atoms with E-state index in [1.54, 1.807) is 0 Å². The zero-order valence-electron chi connectivity index (χ0n) is 19.0. The highest BCUT2D eigenvalue weighted by atomic mass is 16.1. The number of amides is 1. The number of nitrogens with zero attached hydrogens (tertiary/aromatic N) is 2. The van der Waals surface area contributed by atoms with Crippen molar-refractivity contribution in [1.29, 1.82) is 0 Å². The van der Waals surface area contributed by atoms with Crippen LogP contribution in [0.2, 0.25) is 0 Å². The van der Waals surface area contributed by atoms with Crippen molar-refractivity contribution in [2.24, 2.45) is 0 Å². The number of carbonyl (C=O) groups is 1. The van der Waals surface area contributed by atoms with Gasteiger partial charge in [-0.1, -0.05) is 48.4 Å². The van der Waals surface area contributed by atoms with Gasteiger partial charge in [-0.3, -0.25) is 4.79 Å². The number of piperidine rings is 2. The Kier molecular flexibility index (Phi) is 7.76. The fourth-order valence-electron chi connectivity index (χ4n) is 5.04. The number of rotatable bonds is 7. The van der Waals surface area contributed by atoms with E-state index in [9.17, 15) is 4.79 Å². The molecule has 2 aliphatic heterocycles. The van der Waals surface area contributed by atoms with Crippen molar-refractivity contribution in [2.45, 2.75) is 51.5 Å². The van der Waals surface area contributed by atoms with Gasteiger partial charge in [-0.25, -0.2) is 0 Å². The van der Waals surface area contributed by atoms with E-state index in [-0.39, 0.29) is 5.91 Å². The highest BCUT2D eigenvalue weighted by Gasteiger charge is 2.25. The molecule has 166 valence electrons. The summed E-state index contributed by atoms with van der Waals surface area (Å²) in [5.74, 6) is 0.0274. The molecule has 2 aromatic rings. The Morgan fingerprint density at radius 3 is 2.39 bits per heavy atom. The molecule has 0 radical (unpaired) electrons. The van der Waals surface area contributed by atoms with Crippen LogP contribution < -0.4 is 5.32 Å². The monoisotopic (exact) mass is 419 g/mol. The molecule has 0 aliphatic carbocycles. The minimum absolute atomic E-state index is 0.0274. The summed E-state index contributed by atoms with van der Waals surface area (Å²) >= 11 is 0. The third-order valence-electron chi connectivity index (χ3n) is 6.90. The molecule has 2 aromatic carbocycles. The predicted octanol–water partition coefficient (Wildman–Crippen LogP) is 4.73. The first-order chi connectivity index (χ1) is 15.2. The van der Waals surface area contributed by atoms with Crippen LogP contribution >= 0.6 is 0 Å². The van der Waals surface area contributed by atoms with E-state index in [0.29, 0.717) is 0 Å². The van der Waals surface area contributed by atoms with Crippen LogP contribution in [0.1, 0.15) is 54.4 Å². The molecule has 2 fully saturated rings. The van der Waals surface area contributed by atoms with Gasteiger partial charge in [0.1, 0.15) is 0 Å². The van der Waals surface area contributed by atoms with Gasteiger partial charge in [-0.15, -0.1) is 0 Å². The molecule has 0 saturated carbocycles. The van der Waals surface area contributed by atoms with Gasteiger partial charge in [-0.2, -0.15) is 0 Å². The maximum atomic E-state index is 12.5. The smallest absolute Gasteiger partial charge is 0.251 e. The molecule has 0 unspecified atom stereocenters. The first-order valence-corrected chi connectivity index (χ1v) is 12.1. The number of benzene rings is 2. The standard InChI is InChI=1S/C27H37N3O/c1-22-7-5-8-25(21-22)23-9-11-24(12-10-23)27(31)28-15-6-16-29-19-13-26(14-20-29)30-17-3-2-4-18-30/h5,7-12,21,26H,2-4,6,13-20H2,1H3,(H,28,31). The third-order valence-corrected chi connectivity index (χ3v) is 6.90. The average molecular weight is 420 g/mol. The Hall–Kier alpha value is -2.17. The van der Waals surface area contributed by atoms with Crippen molar-refractivity contribution >= 4 is 5.91 Å². The van der Waals surface area contributed by atoms with Crippen LogP contribution in [0.4, 0.5) is 0 Å². The first-order valence-electron chi connectivity index (χ1n) is 12.1. The maximum absolute atomic E-state index is 12.5. The largest absolute Gasteiger partial charge is 0.352 e. The van der Waals surface area contributed by atoms with Crippen molar-refractivity contribution in [3.63, 3.8) is 0 Å². The fraction of sp³-hybridized carbons (Fsp3) is 0.519. The van der Waals surface area contributed by atoms with Gasteiger partial charge in [0.15, 0.2) is 0 Å². The molecule has 4 heteroatoms. The van der Waals surface area contributed by atoms with Crippen LogP contribution in [0.15, 0.2) is 48.5 Å². The van der Waals surface area contributed by atoms with E-state index in [4.69, 9.17) is 0 Å². The Bertz CT molecular complexity index is 834. The Balaban J connectivity index is 1.15. The van der Waals surface area contributed by atoms with Crippen molar-refractivity contribution in [3.8, 4) is 11.1 Å². The second kappa shape index (κ2) is 10.9. The molecule has 1 amide bonds. The lowest BCUT2D eigenvalue weighted by Gasteiger charge is -2.40. The Labute approximate surface area is 187 Å². The lowest BCUT2D eigenvalue weighted by atomic mass is 10.00. The van der Waals surface area contributed by atoms with Gasteiger partial charge in [0.25, 0.3) is 5.91 Å². The molecule has 2 heterocycles. The van der Waals surface area contributed by atoms with Crippen LogP contribution in [0.3, 0.4) is 0 Å². The molecule has 2 saturated heterocycles. The van der Waals surface area contributed by atoms with Crippen molar-refractivity contribution in [1.82, 2.24) is 15.1 Å². The van der Waals surface area contributed by atoms with Crippen molar-refractivity contribution < 1.29 is 4.79 Å². The lowest BCUT2D eigenvalue weighted by molar-refractivity contribution is 0.0903. The van der Waals surface area contributed by atoms with Crippen LogP contribution in [-0.2, 0) is 0 Å². The number of nitrogens with one attached hydrogen (secondary N) is 1. The van der Waals surface area contributed by atoms with Crippen molar-refractivity contribution in [2.75, 3.05) is 39.3 Å². The highest BCUT2D eigenvalue weighted by molar-refractivity contribution is 5.94. The number of hydrogen-bond donors (Lipinski definition) is 1. The lowest BCUT2D eigenvalue weighted by Crippen LogP contribution is -2.47. The highest BCUT2D eigenvalue weighted by Crippen LogP contribution is 2.22. The zero-order chi connectivity index (χ0) is 21.5. The summed E-state index contributed by atoms with van der Waals surface area (Å²) in [5.41, 5.74) is 4.32. The minimum atomic E-state index is 0.0274. The fourth-order valence-corrected chi connectivity index (χ4v) is 5.04. The summed E-state index contributed by atoms with van der Waals surface area (Å²) in [5, 5.41) is 3.09. The topological polar surface area (TPSA) is 35.6 Å². The van der Waals surface area contributed by atoms with Gasteiger partial charge >= 0.3 is 0 Å². The number of carbonyl (C=O) groups excluding carboxylic acids is 1. The maximum Gasteiger partial charge on any atom is 0.251 e. The summed E-state index contributed by atoms with van der Waals surface area (Å²) in [7, 11) is 0. The number of likely N-dealkylation sites (tertiary alicyclic amines) is 2. The molecule has 0 atom stereocenters. The number of hydrogen-bond acceptors (Lipinski definition) is 3. The second-order valence-corrected chi connectivity index (χ2v) is 9.23. The molecule has 0 aromatic heterocycles. The van der Waals surface area contributed by atoms with Gasteiger partial charge in [-0.05, 0) is 95.0 Å². The van der Waals surface area contributed by atoms with Crippen LogP contribution in [-0.4, -0.2) is 61.0 Å². The third kappa shape index (κ3) is 6.18. The molecule has 0 spiro atoms. The molecule has 31 heavy (non-hydrogen) atoms. The quantitative estimate of drug-likeness (QED) is 0.659. The molecule has 0 bridgehead atoms. The van der Waals surface area contributed by atoms with E-state index in [0.717, 1.165) is 36.7 Å². The molecular weight excluding hydrogens is 382 g/mol. The van der Waals surface area contributed by atoms with Crippen LogP contribution in [0.5, 0.6) is 0 Å². The predicted molar refractivity (Wildman–Crippen MR) is 128 cm³/mol. The SMILES string of the molecule is Cc1cccc(-c2ccc(C(=O)NCCCN3CCC(N4CCCCC4)CC3)cc2)c1. The van der Waals surface area contributed by atoms with Crippen LogP contribution in [0, 0.1) is 6.92 Å². The van der Waals surface area contributed by atoms with Gasteiger partial charge in [0.05, 0.1) is 0 Å². The van der Waals surface area contributed by atoms with Gasteiger partial charge < -0.3 is 15.1 Å². The van der Waals surface area contributed by atoms with E-state index < -0.39 is 0 Å².